The normalized spacial score (nSPS) is 13.2. The van der Waals surface area contributed by atoms with Crippen LogP contribution in [-0.4, -0.2) is 26.0 Å². The van der Waals surface area contributed by atoms with Crippen LogP contribution in [0.2, 0.25) is 0 Å². The third-order valence-electron chi connectivity index (χ3n) is 3.64. The van der Waals surface area contributed by atoms with Crippen molar-refractivity contribution >= 4 is 17.5 Å². The van der Waals surface area contributed by atoms with Gasteiger partial charge in [-0.05, 0) is 43.8 Å². The molecule has 1 N–H and O–H groups in total. The van der Waals surface area contributed by atoms with Gasteiger partial charge in [0.15, 0.2) is 5.78 Å². The fourth-order valence-corrected chi connectivity index (χ4v) is 3.67. The van der Waals surface area contributed by atoms with Crippen LogP contribution < -0.4 is 10.1 Å². The van der Waals surface area contributed by atoms with Crippen molar-refractivity contribution in [2.75, 3.05) is 20.2 Å². The van der Waals surface area contributed by atoms with Crippen molar-refractivity contribution in [2.24, 2.45) is 0 Å². The maximum atomic E-state index is 12.5. The van der Waals surface area contributed by atoms with Crippen LogP contribution >= 0.6 is 11.8 Å². The number of fused-ring (bicyclic) bond motifs is 2. The topological polar surface area (TPSA) is 38.3 Å². The lowest BCUT2D eigenvalue weighted by Crippen LogP contribution is -2.12. The SMILES string of the molecule is CNCCCOc1cccc2c1Sc1ccccc1CC2=O. The van der Waals surface area contributed by atoms with Gasteiger partial charge in [0, 0.05) is 16.9 Å². The molecule has 3 rings (SSSR count). The summed E-state index contributed by atoms with van der Waals surface area (Å²) in [5.74, 6) is 0.969. The minimum Gasteiger partial charge on any atom is -0.492 e. The molecule has 0 amide bonds. The van der Waals surface area contributed by atoms with E-state index < -0.39 is 0 Å². The average Bonchev–Trinajstić information content (AvgIpc) is 2.68. The fraction of sp³-hybridized carbons (Fsp3) is 0.278. The molecule has 2 aromatic carbocycles. The Morgan fingerprint density at radius 3 is 2.91 bits per heavy atom. The van der Waals surface area contributed by atoms with E-state index in [-0.39, 0.29) is 5.78 Å². The van der Waals surface area contributed by atoms with Gasteiger partial charge in [-0.3, -0.25) is 4.79 Å². The zero-order valence-corrected chi connectivity index (χ0v) is 13.4. The lowest BCUT2D eigenvalue weighted by molar-refractivity contribution is 0.0989. The number of rotatable bonds is 5. The minimum absolute atomic E-state index is 0.160. The molecule has 0 bridgehead atoms. The summed E-state index contributed by atoms with van der Waals surface area (Å²) in [4.78, 5) is 14.6. The monoisotopic (exact) mass is 313 g/mol. The molecule has 0 saturated heterocycles. The van der Waals surface area contributed by atoms with Crippen LogP contribution in [0, 0.1) is 0 Å². The van der Waals surface area contributed by atoms with Gasteiger partial charge in [-0.1, -0.05) is 36.0 Å². The molecule has 1 aliphatic heterocycles. The molecular formula is C18H19NO2S. The summed E-state index contributed by atoms with van der Waals surface area (Å²) in [5.41, 5.74) is 1.86. The summed E-state index contributed by atoms with van der Waals surface area (Å²) in [6.07, 6.45) is 1.40. The predicted octanol–water partition coefficient (Wildman–Crippen LogP) is 3.56. The van der Waals surface area contributed by atoms with E-state index in [1.165, 1.54) is 0 Å². The van der Waals surface area contributed by atoms with E-state index in [2.05, 4.69) is 11.4 Å². The van der Waals surface area contributed by atoms with E-state index in [0.717, 1.165) is 39.6 Å². The Labute approximate surface area is 135 Å². The van der Waals surface area contributed by atoms with Crippen molar-refractivity contribution in [3.8, 4) is 5.75 Å². The van der Waals surface area contributed by atoms with E-state index in [1.807, 2.05) is 43.4 Å². The first-order chi connectivity index (χ1) is 10.8. The quantitative estimate of drug-likeness (QED) is 0.857. The molecule has 22 heavy (non-hydrogen) atoms. The van der Waals surface area contributed by atoms with Crippen molar-refractivity contribution in [3.05, 3.63) is 53.6 Å². The minimum atomic E-state index is 0.160. The molecule has 4 heteroatoms. The molecule has 0 spiro atoms. The van der Waals surface area contributed by atoms with Gasteiger partial charge in [0.25, 0.3) is 0 Å². The van der Waals surface area contributed by atoms with Gasteiger partial charge in [-0.25, -0.2) is 0 Å². The molecule has 1 heterocycles. The van der Waals surface area contributed by atoms with Crippen LogP contribution in [-0.2, 0) is 6.42 Å². The van der Waals surface area contributed by atoms with Gasteiger partial charge >= 0.3 is 0 Å². The maximum Gasteiger partial charge on any atom is 0.168 e. The molecule has 0 radical (unpaired) electrons. The van der Waals surface area contributed by atoms with Crippen molar-refractivity contribution in [1.82, 2.24) is 5.32 Å². The van der Waals surface area contributed by atoms with Crippen LogP contribution in [0.25, 0.3) is 0 Å². The van der Waals surface area contributed by atoms with Gasteiger partial charge in [-0.15, -0.1) is 0 Å². The average molecular weight is 313 g/mol. The van der Waals surface area contributed by atoms with Crippen LogP contribution in [0.3, 0.4) is 0 Å². The standard InChI is InChI=1S/C18H19NO2S/c1-19-10-5-11-21-16-8-4-7-14-15(20)12-13-6-2-3-9-17(13)22-18(14)16/h2-4,6-9,19H,5,10-12H2,1H3. The van der Waals surface area contributed by atoms with Crippen molar-refractivity contribution in [3.63, 3.8) is 0 Å². The summed E-state index contributed by atoms with van der Waals surface area (Å²) in [6, 6.07) is 13.8. The number of carbonyl (C=O) groups is 1. The Hall–Kier alpha value is -1.78. The lowest BCUT2D eigenvalue weighted by Gasteiger charge is -2.13. The van der Waals surface area contributed by atoms with Crippen LogP contribution in [0.5, 0.6) is 5.75 Å². The van der Waals surface area contributed by atoms with Crippen molar-refractivity contribution < 1.29 is 9.53 Å². The second kappa shape index (κ2) is 6.99. The van der Waals surface area contributed by atoms with Crippen molar-refractivity contribution in [2.45, 2.75) is 22.6 Å². The van der Waals surface area contributed by atoms with Gasteiger partial charge in [0.1, 0.15) is 5.75 Å². The second-order valence-corrected chi connectivity index (χ2v) is 6.30. The first kappa shape index (κ1) is 15.1. The first-order valence-corrected chi connectivity index (χ1v) is 8.30. The molecular weight excluding hydrogens is 294 g/mol. The summed E-state index contributed by atoms with van der Waals surface area (Å²) in [5, 5.41) is 3.11. The fourth-order valence-electron chi connectivity index (χ4n) is 2.51. The molecule has 0 fully saturated rings. The van der Waals surface area contributed by atoms with Gasteiger partial charge < -0.3 is 10.1 Å². The number of Topliss-reactive ketones (excluding diaryl/α,β-unsaturated/α-hetero) is 1. The largest absolute Gasteiger partial charge is 0.492 e. The zero-order chi connectivity index (χ0) is 15.4. The highest BCUT2D eigenvalue weighted by Gasteiger charge is 2.22. The maximum absolute atomic E-state index is 12.5. The summed E-state index contributed by atoms with van der Waals surface area (Å²) in [6.45, 7) is 1.57. The number of hydrogen-bond donors (Lipinski definition) is 1. The van der Waals surface area contributed by atoms with Crippen LogP contribution in [0.4, 0.5) is 0 Å². The van der Waals surface area contributed by atoms with E-state index in [9.17, 15) is 4.79 Å². The Balaban J connectivity index is 1.91. The Morgan fingerprint density at radius 2 is 2.05 bits per heavy atom. The molecule has 0 saturated carbocycles. The predicted molar refractivity (Wildman–Crippen MR) is 89.1 cm³/mol. The number of ketones is 1. The third kappa shape index (κ3) is 3.18. The van der Waals surface area contributed by atoms with E-state index >= 15 is 0 Å². The van der Waals surface area contributed by atoms with Gasteiger partial charge in [0.2, 0.25) is 0 Å². The highest BCUT2D eigenvalue weighted by molar-refractivity contribution is 7.99. The highest BCUT2D eigenvalue weighted by atomic mass is 32.2. The van der Waals surface area contributed by atoms with E-state index in [1.54, 1.807) is 11.8 Å². The van der Waals surface area contributed by atoms with Gasteiger partial charge in [-0.2, -0.15) is 0 Å². The molecule has 0 unspecified atom stereocenters. The summed E-state index contributed by atoms with van der Waals surface area (Å²) in [7, 11) is 1.93. The number of ether oxygens (including phenoxy) is 1. The summed E-state index contributed by atoms with van der Waals surface area (Å²) >= 11 is 1.64. The van der Waals surface area contributed by atoms with Crippen LogP contribution in [0.15, 0.2) is 52.3 Å². The smallest absolute Gasteiger partial charge is 0.168 e. The highest BCUT2D eigenvalue weighted by Crippen LogP contribution is 2.42. The molecule has 0 atom stereocenters. The second-order valence-electron chi connectivity index (χ2n) is 5.25. The number of carbonyl (C=O) groups excluding carboxylic acids is 1. The molecule has 0 aliphatic carbocycles. The molecule has 2 aromatic rings. The lowest BCUT2D eigenvalue weighted by atomic mass is 10.0. The number of hydrogen-bond acceptors (Lipinski definition) is 4. The molecule has 1 aliphatic rings. The molecule has 3 nitrogen and oxygen atoms in total. The first-order valence-electron chi connectivity index (χ1n) is 7.49. The van der Waals surface area contributed by atoms with Crippen LogP contribution in [0.1, 0.15) is 22.3 Å². The summed E-state index contributed by atoms with van der Waals surface area (Å²) < 4.78 is 5.91. The van der Waals surface area contributed by atoms with E-state index in [4.69, 9.17) is 4.74 Å². The van der Waals surface area contributed by atoms with Crippen molar-refractivity contribution in [1.29, 1.82) is 0 Å². The Bertz CT molecular complexity index is 685. The number of nitrogens with one attached hydrogen (secondary N) is 1. The zero-order valence-electron chi connectivity index (χ0n) is 12.6. The number of benzene rings is 2. The third-order valence-corrected chi connectivity index (χ3v) is 4.89. The Morgan fingerprint density at radius 1 is 1.18 bits per heavy atom. The van der Waals surface area contributed by atoms with E-state index in [0.29, 0.717) is 13.0 Å². The molecule has 0 aromatic heterocycles. The van der Waals surface area contributed by atoms with Gasteiger partial charge in [0.05, 0.1) is 11.5 Å². The molecule has 114 valence electrons. The Kier molecular flexibility index (Phi) is 4.80.